The Kier molecular flexibility index (Phi) is 12.1. The van der Waals surface area contributed by atoms with Crippen LogP contribution in [-0.4, -0.2) is 82.3 Å². The van der Waals surface area contributed by atoms with E-state index in [1.165, 1.54) is 6.92 Å². The highest BCUT2D eigenvalue weighted by atomic mass is 16.4. The van der Waals surface area contributed by atoms with Gasteiger partial charge in [-0.2, -0.15) is 0 Å². The van der Waals surface area contributed by atoms with Gasteiger partial charge in [-0.3, -0.25) is 24.0 Å². The molecule has 166 valence electrons. The third kappa shape index (κ3) is 11.0. The van der Waals surface area contributed by atoms with Crippen LogP contribution >= 0.6 is 0 Å². The molecule has 4 atom stereocenters. The van der Waals surface area contributed by atoms with Gasteiger partial charge in [-0.25, -0.2) is 0 Å². The van der Waals surface area contributed by atoms with Crippen LogP contribution in [0.1, 0.15) is 32.6 Å². The predicted molar refractivity (Wildman–Crippen MR) is 99.3 cm³/mol. The number of nitrogens with two attached hydrogens (primary N) is 2. The van der Waals surface area contributed by atoms with Crippen molar-refractivity contribution in [1.29, 1.82) is 0 Å². The number of aliphatic hydroxyl groups excluding tert-OH is 1. The van der Waals surface area contributed by atoms with E-state index < -0.39 is 66.9 Å². The highest BCUT2D eigenvalue weighted by Gasteiger charge is 2.32. The van der Waals surface area contributed by atoms with Crippen LogP contribution in [0.25, 0.3) is 0 Å². The second-order valence-electron chi connectivity index (χ2n) is 6.39. The van der Waals surface area contributed by atoms with Crippen LogP contribution in [0.3, 0.4) is 0 Å². The lowest BCUT2D eigenvalue weighted by atomic mass is 10.1. The van der Waals surface area contributed by atoms with Gasteiger partial charge in [0.05, 0.1) is 18.6 Å². The first-order chi connectivity index (χ1) is 13.5. The van der Waals surface area contributed by atoms with Crippen LogP contribution in [0, 0.1) is 0 Å². The van der Waals surface area contributed by atoms with Gasteiger partial charge in [0.1, 0.15) is 18.6 Å². The number of nitrogens with one attached hydrogen (secondary N) is 3. The van der Waals surface area contributed by atoms with Gasteiger partial charge in [-0.1, -0.05) is 6.42 Å². The molecule has 13 nitrogen and oxygen atoms in total. The molecule has 0 bridgehead atoms. The molecule has 4 unspecified atom stereocenters. The number of aliphatic carboxylic acids is 2. The van der Waals surface area contributed by atoms with Gasteiger partial charge in [0, 0.05) is 0 Å². The predicted octanol–water partition coefficient (Wildman–Crippen LogP) is -3.53. The fraction of sp³-hybridized carbons (Fsp3) is 0.688. The van der Waals surface area contributed by atoms with Gasteiger partial charge in [-0.15, -0.1) is 0 Å². The van der Waals surface area contributed by atoms with E-state index in [0.29, 0.717) is 25.8 Å². The lowest BCUT2D eigenvalue weighted by Gasteiger charge is -2.25. The van der Waals surface area contributed by atoms with E-state index in [0.717, 1.165) is 0 Å². The summed E-state index contributed by atoms with van der Waals surface area (Å²) in [5, 5.41) is 33.6. The van der Waals surface area contributed by atoms with Crippen molar-refractivity contribution in [3.63, 3.8) is 0 Å². The first kappa shape index (κ1) is 26.2. The van der Waals surface area contributed by atoms with Gasteiger partial charge < -0.3 is 42.7 Å². The molecule has 29 heavy (non-hydrogen) atoms. The number of rotatable bonds is 14. The smallest absolute Gasteiger partial charge is 0.322 e. The van der Waals surface area contributed by atoms with E-state index in [2.05, 4.69) is 10.6 Å². The average molecular weight is 419 g/mol. The summed E-state index contributed by atoms with van der Waals surface area (Å²) >= 11 is 0. The molecule has 0 spiro atoms. The van der Waals surface area contributed by atoms with E-state index in [-0.39, 0.29) is 0 Å². The van der Waals surface area contributed by atoms with Gasteiger partial charge in [0.15, 0.2) is 0 Å². The number of aliphatic hydroxyl groups is 1. The van der Waals surface area contributed by atoms with Crippen LogP contribution in [0.15, 0.2) is 0 Å². The summed E-state index contributed by atoms with van der Waals surface area (Å²) in [5.74, 6) is -5.58. The van der Waals surface area contributed by atoms with Crippen LogP contribution in [0.2, 0.25) is 0 Å². The molecule has 0 saturated carbocycles. The van der Waals surface area contributed by atoms with Crippen molar-refractivity contribution in [3.05, 3.63) is 0 Å². The van der Waals surface area contributed by atoms with Crippen molar-refractivity contribution in [1.82, 2.24) is 16.0 Å². The highest BCUT2D eigenvalue weighted by molar-refractivity contribution is 5.95. The zero-order valence-corrected chi connectivity index (χ0v) is 16.1. The van der Waals surface area contributed by atoms with Crippen molar-refractivity contribution in [2.45, 2.75) is 56.8 Å². The Hall–Kier alpha value is -2.77. The van der Waals surface area contributed by atoms with Crippen molar-refractivity contribution in [2.75, 3.05) is 13.1 Å². The number of amides is 3. The molecule has 3 amide bonds. The number of hydrogen-bond acceptors (Lipinski definition) is 8. The molecule has 10 N–H and O–H groups in total. The van der Waals surface area contributed by atoms with Gasteiger partial charge in [0.2, 0.25) is 17.7 Å². The lowest BCUT2D eigenvalue weighted by Crippen LogP contribution is -2.59. The topological polar surface area (TPSA) is 234 Å². The number of carboxylic acids is 2. The first-order valence-electron chi connectivity index (χ1n) is 8.95. The second-order valence-corrected chi connectivity index (χ2v) is 6.39. The summed E-state index contributed by atoms with van der Waals surface area (Å²) in [6.07, 6.45) is -0.681. The fourth-order valence-corrected chi connectivity index (χ4v) is 2.24. The second kappa shape index (κ2) is 13.4. The van der Waals surface area contributed by atoms with E-state index in [1.807, 2.05) is 5.32 Å². The maximum Gasteiger partial charge on any atom is 0.322 e. The van der Waals surface area contributed by atoms with Crippen molar-refractivity contribution < 1.29 is 39.3 Å². The molecule has 0 aliphatic heterocycles. The number of hydrogen-bond donors (Lipinski definition) is 8. The molecular weight excluding hydrogens is 390 g/mol. The molecule has 0 radical (unpaired) electrons. The molecule has 0 aliphatic rings. The Morgan fingerprint density at radius 2 is 1.55 bits per heavy atom. The summed E-state index contributed by atoms with van der Waals surface area (Å²) in [6.45, 7) is 0.863. The van der Waals surface area contributed by atoms with Crippen LogP contribution in [0.4, 0.5) is 0 Å². The summed E-state index contributed by atoms with van der Waals surface area (Å²) in [4.78, 5) is 58.0. The normalized spacial score (nSPS) is 14.8. The van der Waals surface area contributed by atoms with Crippen molar-refractivity contribution >= 4 is 29.7 Å². The zero-order chi connectivity index (χ0) is 22.6. The third-order valence-corrected chi connectivity index (χ3v) is 3.79. The Morgan fingerprint density at radius 3 is 2.03 bits per heavy atom. The minimum absolute atomic E-state index is 0.302. The highest BCUT2D eigenvalue weighted by Crippen LogP contribution is 2.02. The van der Waals surface area contributed by atoms with E-state index in [1.54, 1.807) is 0 Å². The van der Waals surface area contributed by atoms with Gasteiger partial charge in [-0.05, 0) is 26.3 Å². The Morgan fingerprint density at radius 1 is 0.931 bits per heavy atom. The third-order valence-electron chi connectivity index (χ3n) is 3.79. The quantitative estimate of drug-likeness (QED) is 0.129. The number of carbonyl (C=O) groups is 5. The molecule has 0 rings (SSSR count). The molecular formula is C16H29N5O8. The maximum atomic E-state index is 12.4. The average Bonchev–Trinajstić information content (AvgIpc) is 2.62. The molecule has 0 aromatic carbocycles. The SMILES string of the molecule is CC(O)C(NC(=O)C(N)CCCCN)C(=O)NC(CC(=O)O)C(=O)NCC(=O)O. The molecule has 0 aromatic rings. The van der Waals surface area contributed by atoms with E-state index >= 15 is 0 Å². The van der Waals surface area contributed by atoms with Crippen LogP contribution in [0.5, 0.6) is 0 Å². The first-order valence-corrected chi connectivity index (χ1v) is 8.95. The largest absolute Gasteiger partial charge is 0.481 e. The molecule has 0 aromatic heterocycles. The molecule has 0 heterocycles. The maximum absolute atomic E-state index is 12.4. The van der Waals surface area contributed by atoms with E-state index in [4.69, 9.17) is 21.7 Å². The molecule has 0 saturated heterocycles. The summed E-state index contributed by atoms with van der Waals surface area (Å²) < 4.78 is 0. The van der Waals surface area contributed by atoms with Crippen LogP contribution in [-0.2, 0) is 24.0 Å². The Bertz CT molecular complexity index is 598. The van der Waals surface area contributed by atoms with Crippen molar-refractivity contribution in [2.24, 2.45) is 11.5 Å². The number of carbonyl (C=O) groups excluding carboxylic acids is 3. The number of carboxylic acid groups (broad SMARTS) is 2. The molecule has 13 heteroatoms. The number of unbranched alkanes of at least 4 members (excludes halogenated alkanes) is 1. The monoisotopic (exact) mass is 419 g/mol. The van der Waals surface area contributed by atoms with Gasteiger partial charge in [0.25, 0.3) is 0 Å². The van der Waals surface area contributed by atoms with E-state index in [9.17, 15) is 29.1 Å². The Labute approximate surface area is 167 Å². The fourth-order valence-electron chi connectivity index (χ4n) is 2.24. The standard InChI is InChI=1S/C16H29N5O8/c1-8(22)13(21-14(27)9(18)4-2-3-5-17)16(29)20-10(6-11(23)24)15(28)19-7-12(25)26/h8-10,13,22H,2-7,17-18H2,1H3,(H,19,28)(H,20,29)(H,21,27)(H,23,24)(H,25,26). The van der Waals surface area contributed by atoms with Crippen molar-refractivity contribution in [3.8, 4) is 0 Å². The van der Waals surface area contributed by atoms with Gasteiger partial charge >= 0.3 is 11.9 Å². The summed E-state index contributed by atoms with van der Waals surface area (Å²) in [5.41, 5.74) is 11.1. The zero-order valence-electron chi connectivity index (χ0n) is 16.1. The van der Waals surface area contributed by atoms with Crippen LogP contribution < -0.4 is 27.4 Å². The molecule has 0 fully saturated rings. The summed E-state index contributed by atoms with van der Waals surface area (Å²) in [7, 11) is 0. The Balaban J connectivity index is 5.08. The minimum Gasteiger partial charge on any atom is -0.481 e. The minimum atomic E-state index is -1.62. The lowest BCUT2D eigenvalue weighted by molar-refractivity contribution is -0.142. The molecule has 0 aliphatic carbocycles. The summed E-state index contributed by atoms with van der Waals surface area (Å²) in [6, 6.07) is -4.08.